The third-order valence-electron chi connectivity index (χ3n) is 6.17. The highest BCUT2D eigenvalue weighted by atomic mass is 79.9. The number of rotatable bonds is 4. The smallest absolute Gasteiger partial charge is 0.257 e. The van der Waals surface area contributed by atoms with Gasteiger partial charge in [0.2, 0.25) is 0 Å². The topological polar surface area (TPSA) is 74.8 Å². The number of hydrogen-bond acceptors (Lipinski definition) is 5. The number of carbonyl (C=O) groups excluding carboxylic acids is 1. The van der Waals surface area contributed by atoms with Crippen molar-refractivity contribution in [2.75, 3.05) is 5.32 Å². The molecule has 2 aliphatic rings. The van der Waals surface area contributed by atoms with Crippen LogP contribution in [0.3, 0.4) is 0 Å². The summed E-state index contributed by atoms with van der Waals surface area (Å²) < 4.78 is 14.5. The SMILES string of the molecule is CC1(C)CC(=O)C2=C(C1)Nc1nc(SCc3cccc(F)c3)[nH]c(=O)c1[C@@H]2c1ccc(Br)cc1. The molecular formula is C26H23BrFN3O2S. The predicted molar refractivity (Wildman–Crippen MR) is 135 cm³/mol. The van der Waals surface area contributed by atoms with E-state index < -0.39 is 5.92 Å². The van der Waals surface area contributed by atoms with Crippen molar-refractivity contribution in [2.24, 2.45) is 5.41 Å². The van der Waals surface area contributed by atoms with Crippen molar-refractivity contribution in [3.63, 3.8) is 0 Å². The summed E-state index contributed by atoms with van der Waals surface area (Å²) in [7, 11) is 0. The number of thioether (sulfide) groups is 1. The summed E-state index contributed by atoms with van der Waals surface area (Å²) in [6.45, 7) is 4.15. The lowest BCUT2D eigenvalue weighted by Gasteiger charge is -2.38. The van der Waals surface area contributed by atoms with Gasteiger partial charge in [-0.3, -0.25) is 9.59 Å². The first-order valence-electron chi connectivity index (χ1n) is 11.0. The van der Waals surface area contributed by atoms with Gasteiger partial charge in [0.1, 0.15) is 11.6 Å². The van der Waals surface area contributed by atoms with E-state index in [4.69, 9.17) is 4.98 Å². The van der Waals surface area contributed by atoms with Gasteiger partial charge in [-0.05, 0) is 47.2 Å². The van der Waals surface area contributed by atoms with Crippen LogP contribution in [0.1, 0.15) is 49.3 Å². The molecule has 3 aromatic rings. The molecule has 0 saturated heterocycles. The molecule has 0 spiro atoms. The maximum atomic E-state index is 13.5. The number of halogens is 2. The summed E-state index contributed by atoms with van der Waals surface area (Å²) in [5.74, 6) is 0.216. The Hall–Kier alpha value is -2.71. The van der Waals surface area contributed by atoms with Crippen molar-refractivity contribution < 1.29 is 9.18 Å². The number of aromatic nitrogens is 2. The molecule has 2 aromatic carbocycles. The molecule has 0 unspecified atom stereocenters. The predicted octanol–water partition coefficient (Wildman–Crippen LogP) is 6.16. The number of nitrogens with zero attached hydrogens (tertiary/aromatic N) is 1. The Labute approximate surface area is 209 Å². The van der Waals surface area contributed by atoms with E-state index in [1.165, 1.54) is 23.9 Å². The van der Waals surface area contributed by atoms with Gasteiger partial charge in [-0.15, -0.1) is 0 Å². The molecular weight excluding hydrogens is 517 g/mol. The fourth-order valence-corrected chi connectivity index (χ4v) is 5.80. The molecule has 0 amide bonds. The number of aromatic amines is 1. The normalized spacial score (nSPS) is 18.8. The molecule has 34 heavy (non-hydrogen) atoms. The average molecular weight is 540 g/mol. The highest BCUT2D eigenvalue weighted by Crippen LogP contribution is 2.47. The maximum absolute atomic E-state index is 13.5. The number of allylic oxidation sites excluding steroid dienone is 2. The Kier molecular flexibility index (Phi) is 5.98. The van der Waals surface area contributed by atoms with Crippen LogP contribution in [0.25, 0.3) is 0 Å². The highest BCUT2D eigenvalue weighted by molar-refractivity contribution is 9.10. The zero-order valence-corrected chi connectivity index (χ0v) is 21.1. The third kappa shape index (κ3) is 4.49. The van der Waals surface area contributed by atoms with Crippen LogP contribution in [0.5, 0.6) is 0 Å². The number of nitrogens with one attached hydrogen (secondary N) is 2. The fourth-order valence-electron chi connectivity index (χ4n) is 4.73. The minimum absolute atomic E-state index is 0.0567. The Bertz CT molecular complexity index is 1380. The zero-order chi connectivity index (χ0) is 24.0. The number of carbonyl (C=O) groups is 1. The monoisotopic (exact) mass is 539 g/mol. The van der Waals surface area contributed by atoms with Crippen molar-refractivity contribution in [2.45, 2.75) is 43.5 Å². The van der Waals surface area contributed by atoms with Crippen LogP contribution in [-0.4, -0.2) is 15.8 Å². The Morgan fingerprint density at radius 2 is 1.91 bits per heavy atom. The van der Waals surface area contributed by atoms with E-state index in [9.17, 15) is 14.0 Å². The second-order valence-corrected chi connectivity index (χ2v) is 11.4. The molecule has 1 aliphatic heterocycles. The van der Waals surface area contributed by atoms with Gasteiger partial charge in [0.05, 0.1) is 5.56 Å². The van der Waals surface area contributed by atoms with E-state index in [0.717, 1.165) is 21.3 Å². The summed E-state index contributed by atoms with van der Waals surface area (Å²) >= 11 is 4.80. The number of anilines is 1. The first kappa shape index (κ1) is 23.1. The average Bonchev–Trinajstić information content (AvgIpc) is 2.76. The van der Waals surface area contributed by atoms with Crippen LogP contribution in [0, 0.1) is 11.2 Å². The van der Waals surface area contributed by atoms with Crippen molar-refractivity contribution in [3.8, 4) is 0 Å². The largest absolute Gasteiger partial charge is 0.343 e. The second kappa shape index (κ2) is 8.82. The maximum Gasteiger partial charge on any atom is 0.257 e. The lowest BCUT2D eigenvalue weighted by molar-refractivity contribution is -0.118. The van der Waals surface area contributed by atoms with E-state index in [1.807, 2.05) is 30.3 Å². The van der Waals surface area contributed by atoms with Crippen LogP contribution < -0.4 is 10.9 Å². The highest BCUT2D eigenvalue weighted by Gasteiger charge is 2.42. The van der Waals surface area contributed by atoms with E-state index in [0.29, 0.717) is 40.7 Å². The van der Waals surface area contributed by atoms with Crippen LogP contribution in [-0.2, 0) is 10.5 Å². The van der Waals surface area contributed by atoms with Crippen LogP contribution in [0.2, 0.25) is 0 Å². The number of fused-ring (bicyclic) bond motifs is 1. The lowest BCUT2D eigenvalue weighted by atomic mass is 9.69. The molecule has 1 atom stereocenters. The van der Waals surface area contributed by atoms with Gasteiger partial charge in [-0.1, -0.05) is 65.8 Å². The van der Waals surface area contributed by atoms with Crippen molar-refractivity contribution in [3.05, 3.63) is 97.1 Å². The number of Topliss-reactive ketones (excluding diaryl/α,β-unsaturated/α-hetero) is 1. The Balaban J connectivity index is 1.58. The Morgan fingerprint density at radius 3 is 2.65 bits per heavy atom. The number of ketones is 1. The van der Waals surface area contributed by atoms with E-state index in [-0.39, 0.29) is 22.6 Å². The number of benzene rings is 2. The molecule has 8 heteroatoms. The first-order valence-corrected chi connectivity index (χ1v) is 12.8. The summed E-state index contributed by atoms with van der Waals surface area (Å²) in [4.78, 5) is 34.2. The standard InChI is InChI=1S/C26H23BrFN3O2S/c1-26(2)11-18-21(19(32)12-26)20(15-6-8-16(27)9-7-15)22-23(29-18)30-25(31-24(22)33)34-13-14-4-3-5-17(28)10-14/h3-10,20H,11-13H2,1-2H3,(H2,29,30,31,33)/t20-/m1/s1. The molecule has 2 heterocycles. The van der Waals surface area contributed by atoms with Gasteiger partial charge < -0.3 is 10.3 Å². The Morgan fingerprint density at radius 1 is 1.15 bits per heavy atom. The fraction of sp³-hybridized carbons (Fsp3) is 0.269. The van der Waals surface area contributed by atoms with Gasteiger partial charge in [0, 0.05) is 33.8 Å². The summed E-state index contributed by atoms with van der Waals surface area (Å²) in [6, 6.07) is 14.1. The molecule has 1 aliphatic carbocycles. The van der Waals surface area contributed by atoms with E-state index >= 15 is 0 Å². The third-order valence-corrected chi connectivity index (χ3v) is 7.64. The molecule has 1 aromatic heterocycles. The molecule has 5 nitrogen and oxygen atoms in total. The molecule has 174 valence electrons. The van der Waals surface area contributed by atoms with Crippen molar-refractivity contribution in [1.82, 2.24) is 9.97 Å². The molecule has 0 radical (unpaired) electrons. The van der Waals surface area contributed by atoms with Gasteiger partial charge in [-0.2, -0.15) is 0 Å². The van der Waals surface area contributed by atoms with Crippen LogP contribution >= 0.6 is 27.7 Å². The number of H-pyrrole nitrogens is 1. The zero-order valence-electron chi connectivity index (χ0n) is 18.7. The van der Waals surface area contributed by atoms with Gasteiger partial charge in [-0.25, -0.2) is 9.37 Å². The van der Waals surface area contributed by atoms with Crippen LogP contribution in [0.15, 0.2) is 74.2 Å². The van der Waals surface area contributed by atoms with E-state index in [2.05, 4.69) is 40.1 Å². The second-order valence-electron chi connectivity index (χ2n) is 9.49. The minimum Gasteiger partial charge on any atom is -0.343 e. The summed E-state index contributed by atoms with van der Waals surface area (Å²) in [6.07, 6.45) is 1.13. The van der Waals surface area contributed by atoms with Crippen LogP contribution in [0.4, 0.5) is 10.2 Å². The quantitative estimate of drug-likeness (QED) is 0.306. The van der Waals surface area contributed by atoms with Crippen molar-refractivity contribution >= 4 is 39.3 Å². The molecule has 0 saturated carbocycles. The van der Waals surface area contributed by atoms with Gasteiger partial charge in [0.15, 0.2) is 10.9 Å². The lowest BCUT2D eigenvalue weighted by Crippen LogP contribution is -2.37. The summed E-state index contributed by atoms with van der Waals surface area (Å²) in [5.41, 5.74) is 3.15. The van der Waals surface area contributed by atoms with Crippen molar-refractivity contribution in [1.29, 1.82) is 0 Å². The van der Waals surface area contributed by atoms with Gasteiger partial charge >= 0.3 is 0 Å². The molecule has 0 bridgehead atoms. The summed E-state index contributed by atoms with van der Waals surface area (Å²) in [5, 5.41) is 3.77. The number of hydrogen-bond donors (Lipinski definition) is 2. The molecule has 5 rings (SSSR count). The van der Waals surface area contributed by atoms with Gasteiger partial charge in [0.25, 0.3) is 5.56 Å². The minimum atomic E-state index is -0.485. The first-order chi connectivity index (χ1) is 16.2. The molecule has 0 fully saturated rings. The molecule has 2 N–H and O–H groups in total. The van der Waals surface area contributed by atoms with E-state index in [1.54, 1.807) is 6.07 Å².